The monoisotopic (exact) mass is 448 g/mol. The topological polar surface area (TPSA) is 98.1 Å². The Bertz CT molecular complexity index is 991. The molecule has 1 aromatic carbocycles. The fourth-order valence-electron chi connectivity index (χ4n) is 3.82. The van der Waals surface area contributed by atoms with Gasteiger partial charge in [-0.1, -0.05) is 12.1 Å². The second-order valence-electron chi connectivity index (χ2n) is 7.89. The van der Waals surface area contributed by atoms with Gasteiger partial charge in [0.1, 0.15) is 0 Å². The van der Waals surface area contributed by atoms with Crippen molar-refractivity contribution in [3.05, 3.63) is 47.7 Å². The Kier molecular flexibility index (Phi) is 7.06. The van der Waals surface area contributed by atoms with Crippen molar-refractivity contribution < 1.29 is 27.1 Å². The Morgan fingerprint density at radius 1 is 1.13 bits per heavy atom. The highest BCUT2D eigenvalue weighted by Crippen LogP contribution is 2.23. The molecule has 0 aliphatic carbocycles. The smallest absolute Gasteiger partial charge is 0.291 e. The van der Waals surface area contributed by atoms with Gasteiger partial charge in [0.2, 0.25) is 5.09 Å². The van der Waals surface area contributed by atoms with E-state index in [2.05, 4.69) is 5.32 Å². The number of hydrogen-bond donors (Lipinski definition) is 1. The maximum atomic E-state index is 12.6. The average molecular weight is 449 g/mol. The van der Waals surface area contributed by atoms with Crippen molar-refractivity contribution in [2.45, 2.75) is 49.9 Å². The molecule has 1 N–H and O–H groups in total. The number of carbonyl (C=O) groups is 1. The highest BCUT2D eigenvalue weighted by Gasteiger charge is 2.30. The van der Waals surface area contributed by atoms with Gasteiger partial charge < -0.3 is 19.2 Å². The van der Waals surface area contributed by atoms with Gasteiger partial charge in [-0.2, -0.15) is 4.31 Å². The van der Waals surface area contributed by atoms with Crippen molar-refractivity contribution in [1.29, 1.82) is 0 Å². The second kappa shape index (κ2) is 9.95. The average Bonchev–Trinajstić information content (AvgIpc) is 3.48. The summed E-state index contributed by atoms with van der Waals surface area (Å²) < 4.78 is 43.3. The molecule has 1 amide bonds. The van der Waals surface area contributed by atoms with E-state index in [1.165, 1.54) is 22.9 Å². The summed E-state index contributed by atoms with van der Waals surface area (Å²) in [5, 5.41) is 2.55. The molecule has 2 aromatic rings. The van der Waals surface area contributed by atoms with E-state index in [0.717, 1.165) is 37.9 Å². The minimum Gasteiger partial charge on any atom is -0.438 e. The van der Waals surface area contributed by atoms with Crippen LogP contribution >= 0.6 is 0 Å². The van der Waals surface area contributed by atoms with Crippen molar-refractivity contribution in [1.82, 2.24) is 4.31 Å². The van der Waals surface area contributed by atoms with Gasteiger partial charge >= 0.3 is 0 Å². The lowest BCUT2D eigenvalue weighted by Crippen LogP contribution is -2.27. The summed E-state index contributed by atoms with van der Waals surface area (Å²) >= 11 is 0. The first-order chi connectivity index (χ1) is 15.0. The number of nitrogens with one attached hydrogen (secondary N) is 1. The maximum absolute atomic E-state index is 12.6. The van der Waals surface area contributed by atoms with Crippen molar-refractivity contribution in [2.24, 2.45) is 0 Å². The van der Waals surface area contributed by atoms with Crippen LogP contribution in [0.1, 0.15) is 48.2 Å². The molecule has 2 saturated heterocycles. The lowest BCUT2D eigenvalue weighted by atomic mass is 10.1. The zero-order valence-corrected chi connectivity index (χ0v) is 18.2. The van der Waals surface area contributed by atoms with Crippen LogP contribution in [0.25, 0.3) is 0 Å². The SMILES string of the molecule is O=C(Nc1cccc(COCC2CCCCO2)c1)c1ccc(S(=O)(=O)N2CCCC2)o1. The summed E-state index contributed by atoms with van der Waals surface area (Å²) in [7, 11) is -3.69. The predicted octanol–water partition coefficient (Wildman–Crippen LogP) is 3.40. The van der Waals surface area contributed by atoms with Crippen LogP contribution in [0.3, 0.4) is 0 Å². The Labute approximate surface area is 182 Å². The van der Waals surface area contributed by atoms with Crippen LogP contribution in [0.2, 0.25) is 0 Å². The molecule has 3 heterocycles. The number of hydrogen-bond acceptors (Lipinski definition) is 6. The standard InChI is InChI=1S/C22H28N2O6S/c25-22(20-9-10-21(30-20)31(26,27)24-11-2-3-12-24)23-18-7-5-6-17(14-18)15-28-16-19-8-1-4-13-29-19/h5-7,9-10,14,19H,1-4,8,11-13,15-16H2,(H,23,25). The number of benzene rings is 1. The van der Waals surface area contributed by atoms with Crippen LogP contribution in [0, 0.1) is 0 Å². The fraction of sp³-hybridized carbons (Fsp3) is 0.500. The third-order valence-corrected chi connectivity index (χ3v) is 7.27. The molecule has 0 radical (unpaired) electrons. The van der Waals surface area contributed by atoms with Crippen LogP contribution < -0.4 is 5.32 Å². The first-order valence-electron chi connectivity index (χ1n) is 10.7. The van der Waals surface area contributed by atoms with E-state index in [4.69, 9.17) is 13.9 Å². The normalized spacial score (nSPS) is 20.1. The zero-order chi connectivity index (χ0) is 21.7. The molecular formula is C22H28N2O6S. The van der Waals surface area contributed by atoms with Crippen LogP contribution in [-0.2, 0) is 26.1 Å². The summed E-state index contributed by atoms with van der Waals surface area (Å²) in [6.07, 6.45) is 5.13. The van der Waals surface area contributed by atoms with Crippen molar-refractivity contribution in [3.8, 4) is 0 Å². The largest absolute Gasteiger partial charge is 0.438 e. The van der Waals surface area contributed by atoms with Gasteiger partial charge in [-0.25, -0.2) is 8.42 Å². The van der Waals surface area contributed by atoms with E-state index < -0.39 is 15.9 Å². The van der Waals surface area contributed by atoms with E-state index >= 15 is 0 Å². The summed E-state index contributed by atoms with van der Waals surface area (Å²) in [6, 6.07) is 10.1. The molecular weight excluding hydrogens is 420 g/mol. The van der Waals surface area contributed by atoms with Crippen LogP contribution in [0.4, 0.5) is 5.69 Å². The Morgan fingerprint density at radius 2 is 1.97 bits per heavy atom. The van der Waals surface area contributed by atoms with E-state index in [1.54, 1.807) is 6.07 Å². The molecule has 2 aliphatic rings. The molecule has 1 unspecified atom stereocenters. The highest BCUT2D eigenvalue weighted by molar-refractivity contribution is 7.89. The predicted molar refractivity (Wildman–Crippen MR) is 114 cm³/mol. The molecule has 2 fully saturated rings. The first-order valence-corrected chi connectivity index (χ1v) is 12.2. The Balaban J connectivity index is 1.33. The number of sulfonamides is 1. The van der Waals surface area contributed by atoms with E-state index in [0.29, 0.717) is 32.0 Å². The molecule has 2 aliphatic heterocycles. The van der Waals surface area contributed by atoms with Crippen LogP contribution in [-0.4, -0.2) is 51.0 Å². The number of anilines is 1. The maximum Gasteiger partial charge on any atom is 0.291 e. The molecule has 0 saturated carbocycles. The number of rotatable bonds is 8. The van der Waals surface area contributed by atoms with E-state index in [9.17, 15) is 13.2 Å². The highest BCUT2D eigenvalue weighted by atomic mass is 32.2. The molecule has 31 heavy (non-hydrogen) atoms. The van der Waals surface area contributed by atoms with Crippen LogP contribution in [0.15, 0.2) is 45.9 Å². The second-order valence-corrected chi connectivity index (χ2v) is 9.76. The number of amides is 1. The number of nitrogens with zero attached hydrogens (tertiary/aromatic N) is 1. The molecule has 4 rings (SSSR count). The summed E-state index contributed by atoms with van der Waals surface area (Å²) in [4.78, 5) is 12.5. The lowest BCUT2D eigenvalue weighted by molar-refractivity contribution is -0.0447. The number of furan rings is 1. The third kappa shape index (κ3) is 5.54. The number of carbonyl (C=O) groups excluding carboxylic acids is 1. The Hall–Kier alpha value is -2.20. The third-order valence-electron chi connectivity index (χ3n) is 5.50. The van der Waals surface area contributed by atoms with Gasteiger partial charge in [0.05, 0.1) is 19.3 Å². The van der Waals surface area contributed by atoms with Gasteiger partial charge in [-0.05, 0) is 61.9 Å². The molecule has 1 aromatic heterocycles. The van der Waals surface area contributed by atoms with Gasteiger partial charge in [0.25, 0.3) is 15.9 Å². The van der Waals surface area contributed by atoms with Crippen molar-refractivity contribution in [2.75, 3.05) is 31.6 Å². The molecule has 1 atom stereocenters. The van der Waals surface area contributed by atoms with Crippen molar-refractivity contribution >= 4 is 21.6 Å². The lowest BCUT2D eigenvalue weighted by Gasteiger charge is -2.22. The van der Waals surface area contributed by atoms with Gasteiger partial charge in [0.15, 0.2) is 5.76 Å². The summed E-state index contributed by atoms with van der Waals surface area (Å²) in [6.45, 7) is 2.72. The molecule has 9 heteroatoms. The van der Waals surface area contributed by atoms with Crippen molar-refractivity contribution in [3.63, 3.8) is 0 Å². The molecule has 0 spiro atoms. The molecule has 8 nitrogen and oxygen atoms in total. The molecule has 0 bridgehead atoms. The van der Waals surface area contributed by atoms with E-state index in [1.807, 2.05) is 18.2 Å². The van der Waals surface area contributed by atoms with E-state index in [-0.39, 0.29) is 17.0 Å². The van der Waals surface area contributed by atoms with Crippen LogP contribution in [0.5, 0.6) is 0 Å². The quantitative estimate of drug-likeness (QED) is 0.665. The fourth-order valence-corrected chi connectivity index (χ4v) is 5.24. The summed E-state index contributed by atoms with van der Waals surface area (Å²) in [5.41, 5.74) is 1.51. The zero-order valence-electron chi connectivity index (χ0n) is 17.4. The Morgan fingerprint density at radius 3 is 2.74 bits per heavy atom. The van der Waals surface area contributed by atoms with Gasteiger partial charge in [-0.15, -0.1) is 0 Å². The summed E-state index contributed by atoms with van der Waals surface area (Å²) in [5.74, 6) is -0.551. The number of ether oxygens (including phenoxy) is 2. The first kappa shape index (κ1) is 22.0. The van der Waals surface area contributed by atoms with Gasteiger partial charge in [-0.3, -0.25) is 4.79 Å². The van der Waals surface area contributed by atoms with Gasteiger partial charge in [0, 0.05) is 25.4 Å². The minimum absolute atomic E-state index is 0.0473. The molecule has 168 valence electrons. The minimum atomic E-state index is -3.69.